The summed E-state index contributed by atoms with van der Waals surface area (Å²) in [7, 11) is 1.62. The van der Waals surface area contributed by atoms with Crippen molar-refractivity contribution in [3.05, 3.63) is 48.0 Å². The van der Waals surface area contributed by atoms with Gasteiger partial charge < -0.3 is 20.1 Å². The number of hydrogen-bond donors (Lipinski definition) is 2. The average molecular weight is 427 g/mol. The third-order valence-corrected chi connectivity index (χ3v) is 5.63. The first-order chi connectivity index (χ1) is 15.0. The Morgan fingerprint density at radius 1 is 1.00 bits per heavy atom. The fourth-order valence-electron chi connectivity index (χ4n) is 3.85. The minimum Gasteiger partial charge on any atom is -0.486 e. The van der Waals surface area contributed by atoms with Gasteiger partial charge in [0.1, 0.15) is 13.2 Å². The predicted molar refractivity (Wildman–Crippen MR) is 124 cm³/mol. The molecule has 0 saturated heterocycles. The smallest absolute Gasteiger partial charge is 0.251 e. The molecule has 6 nitrogen and oxygen atoms in total. The summed E-state index contributed by atoms with van der Waals surface area (Å²) in [6, 6.07) is 13.8. The van der Waals surface area contributed by atoms with E-state index in [-0.39, 0.29) is 13.2 Å². The molecule has 1 saturated carbocycles. The highest BCUT2D eigenvalue weighted by Gasteiger charge is 2.21. The van der Waals surface area contributed by atoms with Crippen LogP contribution in [0.5, 0.6) is 11.5 Å². The molecule has 1 heterocycles. The third kappa shape index (κ3) is 6.23. The summed E-state index contributed by atoms with van der Waals surface area (Å²) < 4.78 is 11.1. The summed E-state index contributed by atoms with van der Waals surface area (Å²) in [5.74, 6) is 2.46. The van der Waals surface area contributed by atoms with Gasteiger partial charge in [-0.15, -0.1) is 0 Å². The largest absolute Gasteiger partial charge is 0.486 e. The summed E-state index contributed by atoms with van der Waals surface area (Å²) in [4.78, 5) is 22.5. The number of carbonyl (C=O) groups is 2. The first-order valence-corrected chi connectivity index (χ1v) is 11.0. The Balaban J connectivity index is 0.000000259. The van der Waals surface area contributed by atoms with Crippen molar-refractivity contribution in [2.45, 2.75) is 45.6 Å². The van der Waals surface area contributed by atoms with Crippen LogP contribution in [0, 0.1) is 5.92 Å². The van der Waals surface area contributed by atoms with E-state index in [1.165, 1.54) is 19.3 Å². The molecule has 0 bridgehead atoms. The topological polar surface area (TPSA) is 76.7 Å². The summed E-state index contributed by atoms with van der Waals surface area (Å²) in [6.07, 6.45) is 4.23. The summed E-state index contributed by atoms with van der Waals surface area (Å²) >= 11 is 0. The summed E-state index contributed by atoms with van der Waals surface area (Å²) in [5.41, 5.74) is 2.72. The van der Waals surface area contributed by atoms with Crippen LogP contribution in [0.2, 0.25) is 0 Å². The lowest BCUT2D eigenvalue weighted by atomic mass is 10.0. The Morgan fingerprint density at radius 2 is 1.68 bits per heavy atom. The second kappa shape index (κ2) is 10.8. The van der Waals surface area contributed by atoms with Gasteiger partial charge in [0, 0.05) is 26.5 Å². The van der Waals surface area contributed by atoms with Crippen LogP contribution >= 0.6 is 0 Å². The number of benzene rings is 2. The van der Waals surface area contributed by atoms with Crippen molar-refractivity contribution in [3.63, 3.8) is 0 Å². The number of hydrogen-bond acceptors (Lipinski definition) is 4. The van der Waals surface area contributed by atoms with E-state index in [1.54, 1.807) is 7.05 Å². The Bertz CT molecular complexity index is 901. The molecule has 0 radical (unpaired) electrons. The van der Waals surface area contributed by atoms with Gasteiger partial charge in [0.05, 0.1) is 0 Å². The fourth-order valence-corrected chi connectivity index (χ4v) is 3.85. The third-order valence-electron chi connectivity index (χ3n) is 5.63. The van der Waals surface area contributed by atoms with Crippen molar-refractivity contribution in [3.8, 4) is 22.6 Å². The highest BCUT2D eigenvalue weighted by Crippen LogP contribution is 2.34. The molecule has 0 spiro atoms. The van der Waals surface area contributed by atoms with Gasteiger partial charge in [-0.05, 0) is 60.6 Å². The molecule has 4 rings (SSSR count). The zero-order valence-corrected chi connectivity index (χ0v) is 18.6. The molecule has 2 atom stereocenters. The highest BCUT2D eigenvalue weighted by molar-refractivity contribution is 5.94. The molecule has 1 unspecified atom stereocenters. The molecule has 2 amide bonds. The molecular formula is C25H34N2O4. The second-order valence-corrected chi connectivity index (χ2v) is 8.05. The van der Waals surface area contributed by atoms with E-state index in [2.05, 4.69) is 17.6 Å². The monoisotopic (exact) mass is 426 g/mol. The van der Waals surface area contributed by atoms with Crippen LogP contribution in [0.25, 0.3) is 11.1 Å². The lowest BCUT2D eigenvalue weighted by Gasteiger charge is -2.19. The molecule has 1 aliphatic heterocycles. The molecule has 168 valence electrons. The van der Waals surface area contributed by atoms with Gasteiger partial charge in [-0.3, -0.25) is 9.59 Å². The number of nitrogens with one attached hydrogen (secondary N) is 2. The summed E-state index contributed by atoms with van der Waals surface area (Å²) in [5, 5.41) is 5.63. The van der Waals surface area contributed by atoms with Crippen molar-refractivity contribution in [2.75, 3.05) is 20.3 Å². The number of ether oxygens (including phenoxy) is 2. The maximum atomic E-state index is 11.5. The Labute approximate surface area is 185 Å². The molecule has 1 aliphatic carbocycles. The molecule has 6 heteroatoms. The quantitative estimate of drug-likeness (QED) is 0.758. The number of carbonyl (C=O) groups excluding carboxylic acids is 2. The van der Waals surface area contributed by atoms with Crippen LogP contribution in [0.3, 0.4) is 0 Å². The van der Waals surface area contributed by atoms with E-state index < -0.39 is 0 Å². The van der Waals surface area contributed by atoms with Crippen LogP contribution in [0.1, 0.15) is 51.3 Å². The van der Waals surface area contributed by atoms with E-state index in [1.807, 2.05) is 49.4 Å². The van der Waals surface area contributed by atoms with E-state index >= 15 is 0 Å². The molecular weight excluding hydrogens is 392 g/mol. The minimum absolute atomic E-state index is 0. The van der Waals surface area contributed by atoms with E-state index in [0.29, 0.717) is 31.2 Å². The van der Waals surface area contributed by atoms with Gasteiger partial charge >= 0.3 is 0 Å². The van der Waals surface area contributed by atoms with Crippen LogP contribution in [-0.4, -0.2) is 38.1 Å². The minimum atomic E-state index is -0.0845. The Hall–Kier alpha value is -3.02. The second-order valence-electron chi connectivity index (χ2n) is 8.05. The van der Waals surface area contributed by atoms with Crippen LogP contribution in [-0.2, 0) is 4.79 Å². The molecule has 2 aromatic carbocycles. The van der Waals surface area contributed by atoms with E-state index in [9.17, 15) is 9.59 Å². The number of fused-ring (bicyclic) bond motifs is 1. The van der Waals surface area contributed by atoms with Crippen LogP contribution < -0.4 is 20.1 Å². The van der Waals surface area contributed by atoms with Crippen LogP contribution in [0.4, 0.5) is 0 Å². The van der Waals surface area contributed by atoms with Gasteiger partial charge in [-0.2, -0.15) is 0 Å². The van der Waals surface area contributed by atoms with Crippen molar-refractivity contribution in [1.82, 2.24) is 10.6 Å². The highest BCUT2D eigenvalue weighted by atomic mass is 16.6. The fraction of sp³-hybridized carbons (Fsp3) is 0.440. The Kier molecular flexibility index (Phi) is 7.93. The maximum Gasteiger partial charge on any atom is 0.251 e. The molecule has 2 N–H and O–H groups in total. The van der Waals surface area contributed by atoms with Crippen molar-refractivity contribution < 1.29 is 20.5 Å². The van der Waals surface area contributed by atoms with Gasteiger partial charge in [0.2, 0.25) is 5.91 Å². The number of amides is 2. The first-order valence-electron chi connectivity index (χ1n) is 11.0. The molecule has 0 aromatic heterocycles. The molecule has 1 fully saturated rings. The normalized spacial score (nSPS) is 19.1. The standard InChI is InChI=1S/C16H15NO3.C9H17NO.H2/c1-17-16(18)12-4-2-11(3-5-12)13-6-7-14-15(10-13)20-9-8-19-14;1-3-9(11)10-8-5-4-7(2)6-8;/h2-7,10H,8-9H2,1H3,(H,17,18);7-8H,3-6H2,1-2H3,(H,10,11);1H/t;7?,8-;/m.1./s1. The lowest BCUT2D eigenvalue weighted by molar-refractivity contribution is -0.121. The lowest BCUT2D eigenvalue weighted by Crippen LogP contribution is -2.32. The Morgan fingerprint density at radius 3 is 2.29 bits per heavy atom. The van der Waals surface area contributed by atoms with E-state index in [4.69, 9.17) is 9.47 Å². The van der Waals surface area contributed by atoms with E-state index in [0.717, 1.165) is 28.5 Å². The molecule has 31 heavy (non-hydrogen) atoms. The van der Waals surface area contributed by atoms with Gasteiger partial charge in [-0.1, -0.05) is 32.0 Å². The molecule has 2 aromatic rings. The summed E-state index contributed by atoms with van der Waals surface area (Å²) in [6.45, 7) is 5.31. The van der Waals surface area contributed by atoms with Gasteiger partial charge in [0.25, 0.3) is 5.91 Å². The average Bonchev–Trinajstić information content (AvgIpc) is 3.23. The number of rotatable bonds is 4. The predicted octanol–water partition coefficient (Wildman–Crippen LogP) is 4.43. The molecule has 2 aliphatic rings. The maximum absolute atomic E-state index is 11.5. The van der Waals surface area contributed by atoms with Crippen LogP contribution in [0.15, 0.2) is 42.5 Å². The zero-order chi connectivity index (χ0) is 22.2. The first kappa shape index (κ1) is 22.7. The van der Waals surface area contributed by atoms with Crippen molar-refractivity contribution >= 4 is 11.8 Å². The van der Waals surface area contributed by atoms with Gasteiger partial charge in [-0.25, -0.2) is 0 Å². The van der Waals surface area contributed by atoms with Crippen molar-refractivity contribution in [2.24, 2.45) is 5.92 Å². The van der Waals surface area contributed by atoms with Gasteiger partial charge in [0.15, 0.2) is 11.5 Å². The SMILES string of the molecule is CCC(=O)N[C@@H]1CCC(C)C1.CNC(=O)c1ccc(-c2ccc3c(c2)OCCO3)cc1.[HH]. The zero-order valence-electron chi connectivity index (χ0n) is 18.6. The van der Waals surface area contributed by atoms with Crippen molar-refractivity contribution in [1.29, 1.82) is 0 Å².